The molecule has 2 aliphatic rings. The molecular formula is C20H20N2O. The Morgan fingerprint density at radius 2 is 1.91 bits per heavy atom. The van der Waals surface area contributed by atoms with Gasteiger partial charge in [0.25, 0.3) is 5.91 Å². The maximum Gasteiger partial charge on any atom is 0.256 e. The van der Waals surface area contributed by atoms with E-state index >= 15 is 0 Å². The standard InChI is InChI=1S/C20H20N2O/c1-3-14-17-11-16(13-7-5-4-6-8-13)15-9-10-22(2)12-18(15)19(17)21-20(14)23/h3-8,11H,9-10,12H2,1-2H3,(H,21,23)/b14-3+. The minimum Gasteiger partial charge on any atom is -0.321 e. The maximum atomic E-state index is 12.3. The molecule has 2 aliphatic heterocycles. The third-order valence-corrected chi connectivity index (χ3v) is 4.87. The van der Waals surface area contributed by atoms with E-state index in [1.54, 1.807) is 0 Å². The van der Waals surface area contributed by atoms with Gasteiger partial charge in [0, 0.05) is 24.2 Å². The smallest absolute Gasteiger partial charge is 0.256 e. The lowest BCUT2D eigenvalue weighted by Crippen LogP contribution is -2.27. The van der Waals surface area contributed by atoms with Crippen LogP contribution in [-0.2, 0) is 17.8 Å². The van der Waals surface area contributed by atoms with Crippen molar-refractivity contribution in [2.45, 2.75) is 19.9 Å². The van der Waals surface area contributed by atoms with E-state index in [1.165, 1.54) is 22.3 Å². The van der Waals surface area contributed by atoms with E-state index < -0.39 is 0 Å². The molecule has 1 amide bonds. The third-order valence-electron chi connectivity index (χ3n) is 4.87. The summed E-state index contributed by atoms with van der Waals surface area (Å²) in [5.41, 5.74) is 8.00. The topological polar surface area (TPSA) is 32.3 Å². The molecule has 0 fully saturated rings. The first-order valence-corrected chi connectivity index (χ1v) is 8.09. The van der Waals surface area contributed by atoms with Crippen LogP contribution in [0, 0.1) is 0 Å². The summed E-state index contributed by atoms with van der Waals surface area (Å²) in [5.74, 6) is 0.0168. The molecule has 3 nitrogen and oxygen atoms in total. The third kappa shape index (κ3) is 2.20. The van der Waals surface area contributed by atoms with Gasteiger partial charge in [0.15, 0.2) is 0 Å². The van der Waals surface area contributed by atoms with E-state index in [2.05, 4.69) is 47.6 Å². The number of carbonyl (C=O) groups is 1. The number of nitrogens with zero attached hydrogens (tertiary/aromatic N) is 1. The number of anilines is 1. The SMILES string of the molecule is C/C=C1/C(=O)Nc2c1cc(-c1ccccc1)c1c2CN(C)CC1. The van der Waals surface area contributed by atoms with Gasteiger partial charge in [-0.2, -0.15) is 0 Å². The van der Waals surface area contributed by atoms with Crippen LogP contribution in [0.25, 0.3) is 16.7 Å². The molecule has 0 spiro atoms. The van der Waals surface area contributed by atoms with Crippen LogP contribution in [0.3, 0.4) is 0 Å². The summed E-state index contributed by atoms with van der Waals surface area (Å²) in [6.07, 6.45) is 2.93. The van der Waals surface area contributed by atoms with E-state index in [1.807, 2.05) is 19.1 Å². The zero-order valence-electron chi connectivity index (χ0n) is 13.5. The Kier molecular flexibility index (Phi) is 3.31. The van der Waals surface area contributed by atoms with Crippen molar-refractivity contribution in [1.82, 2.24) is 4.90 Å². The number of fused-ring (bicyclic) bond motifs is 3. The van der Waals surface area contributed by atoms with Gasteiger partial charge in [-0.25, -0.2) is 0 Å². The predicted molar refractivity (Wildman–Crippen MR) is 94.2 cm³/mol. The average molecular weight is 304 g/mol. The molecule has 2 aromatic carbocycles. The highest BCUT2D eigenvalue weighted by Gasteiger charge is 2.31. The lowest BCUT2D eigenvalue weighted by Gasteiger charge is -2.29. The number of rotatable bonds is 1. The van der Waals surface area contributed by atoms with Gasteiger partial charge in [0.05, 0.1) is 5.69 Å². The Morgan fingerprint density at radius 3 is 2.65 bits per heavy atom. The van der Waals surface area contributed by atoms with Crippen LogP contribution in [0.15, 0.2) is 42.5 Å². The maximum absolute atomic E-state index is 12.3. The van der Waals surface area contributed by atoms with Gasteiger partial charge in [-0.1, -0.05) is 36.4 Å². The van der Waals surface area contributed by atoms with E-state index in [4.69, 9.17) is 0 Å². The fraction of sp³-hybridized carbons (Fsp3) is 0.250. The molecule has 2 heterocycles. The highest BCUT2D eigenvalue weighted by molar-refractivity contribution is 6.32. The first kappa shape index (κ1) is 14.2. The molecule has 0 saturated heterocycles. The molecule has 23 heavy (non-hydrogen) atoms. The number of amides is 1. The van der Waals surface area contributed by atoms with Gasteiger partial charge in [0.1, 0.15) is 0 Å². The highest BCUT2D eigenvalue weighted by atomic mass is 16.2. The summed E-state index contributed by atoms with van der Waals surface area (Å²) in [6.45, 7) is 3.86. The highest BCUT2D eigenvalue weighted by Crippen LogP contribution is 2.43. The summed E-state index contributed by atoms with van der Waals surface area (Å²) >= 11 is 0. The van der Waals surface area contributed by atoms with Gasteiger partial charge < -0.3 is 10.2 Å². The Bertz CT molecular complexity index is 821. The molecule has 0 aliphatic carbocycles. The van der Waals surface area contributed by atoms with E-state index in [0.717, 1.165) is 36.3 Å². The molecule has 2 aromatic rings. The molecule has 0 bridgehead atoms. The van der Waals surface area contributed by atoms with E-state index in [9.17, 15) is 4.79 Å². The summed E-state index contributed by atoms with van der Waals surface area (Å²) in [7, 11) is 2.14. The van der Waals surface area contributed by atoms with Crippen molar-refractivity contribution in [1.29, 1.82) is 0 Å². The molecule has 0 aromatic heterocycles. The number of hydrogen-bond acceptors (Lipinski definition) is 2. The Morgan fingerprint density at radius 1 is 1.13 bits per heavy atom. The zero-order valence-corrected chi connectivity index (χ0v) is 13.5. The molecular weight excluding hydrogens is 284 g/mol. The van der Waals surface area contributed by atoms with Crippen LogP contribution in [-0.4, -0.2) is 24.4 Å². The molecule has 3 heteroatoms. The second-order valence-electron chi connectivity index (χ2n) is 6.31. The predicted octanol–water partition coefficient (Wildman–Crippen LogP) is 3.70. The van der Waals surface area contributed by atoms with Crippen molar-refractivity contribution in [3.8, 4) is 11.1 Å². The number of carbonyl (C=O) groups excluding carboxylic acids is 1. The molecule has 0 atom stereocenters. The molecule has 0 radical (unpaired) electrons. The molecule has 0 saturated carbocycles. The van der Waals surface area contributed by atoms with Crippen molar-refractivity contribution in [2.24, 2.45) is 0 Å². The summed E-state index contributed by atoms with van der Waals surface area (Å²) in [5, 5.41) is 3.09. The van der Waals surface area contributed by atoms with Crippen molar-refractivity contribution < 1.29 is 4.79 Å². The van der Waals surface area contributed by atoms with E-state index in [-0.39, 0.29) is 5.91 Å². The van der Waals surface area contributed by atoms with Crippen molar-refractivity contribution in [2.75, 3.05) is 18.9 Å². The number of hydrogen-bond donors (Lipinski definition) is 1. The van der Waals surface area contributed by atoms with Crippen molar-refractivity contribution >= 4 is 17.2 Å². The molecule has 116 valence electrons. The van der Waals surface area contributed by atoms with Crippen molar-refractivity contribution in [3.63, 3.8) is 0 Å². The first-order valence-electron chi connectivity index (χ1n) is 8.09. The monoisotopic (exact) mass is 304 g/mol. The van der Waals surface area contributed by atoms with Crippen LogP contribution in [0.1, 0.15) is 23.6 Å². The van der Waals surface area contributed by atoms with Gasteiger partial charge in [-0.15, -0.1) is 0 Å². The van der Waals surface area contributed by atoms with Gasteiger partial charge in [-0.3, -0.25) is 4.79 Å². The Hall–Kier alpha value is -2.39. The average Bonchev–Trinajstić information content (AvgIpc) is 2.90. The summed E-state index contributed by atoms with van der Waals surface area (Å²) < 4.78 is 0. The van der Waals surface area contributed by atoms with Crippen LogP contribution in [0.5, 0.6) is 0 Å². The normalized spacial score (nSPS) is 18.7. The number of likely N-dealkylation sites (N-methyl/N-ethyl adjacent to an activating group) is 1. The summed E-state index contributed by atoms with van der Waals surface area (Å²) in [4.78, 5) is 14.6. The second-order valence-corrected chi connectivity index (χ2v) is 6.31. The molecule has 1 N–H and O–H groups in total. The second kappa shape index (κ2) is 5.36. The molecule has 4 rings (SSSR count). The van der Waals surface area contributed by atoms with Crippen LogP contribution in [0.2, 0.25) is 0 Å². The molecule has 0 unspecified atom stereocenters. The number of benzene rings is 2. The van der Waals surface area contributed by atoms with Crippen molar-refractivity contribution in [3.05, 3.63) is 59.2 Å². The lowest BCUT2D eigenvalue weighted by atomic mass is 9.86. The van der Waals surface area contributed by atoms with Gasteiger partial charge in [-0.05, 0) is 48.7 Å². The van der Waals surface area contributed by atoms with Crippen LogP contribution < -0.4 is 5.32 Å². The van der Waals surface area contributed by atoms with Crippen LogP contribution >= 0.6 is 0 Å². The minimum atomic E-state index is 0.0168. The van der Waals surface area contributed by atoms with Gasteiger partial charge in [0.2, 0.25) is 0 Å². The number of allylic oxidation sites excluding steroid dienone is 1. The first-order chi connectivity index (χ1) is 11.2. The number of nitrogens with one attached hydrogen (secondary N) is 1. The Labute approximate surface area is 136 Å². The van der Waals surface area contributed by atoms with Crippen LogP contribution in [0.4, 0.5) is 5.69 Å². The summed E-state index contributed by atoms with van der Waals surface area (Å²) in [6, 6.07) is 12.7. The fourth-order valence-electron chi connectivity index (χ4n) is 3.71. The van der Waals surface area contributed by atoms with Gasteiger partial charge >= 0.3 is 0 Å². The Balaban J connectivity index is 2.00. The largest absolute Gasteiger partial charge is 0.321 e. The van der Waals surface area contributed by atoms with E-state index in [0.29, 0.717) is 0 Å². The minimum absolute atomic E-state index is 0.0168. The quantitative estimate of drug-likeness (QED) is 0.815. The zero-order chi connectivity index (χ0) is 16.0. The lowest BCUT2D eigenvalue weighted by molar-refractivity contribution is -0.110. The fourth-order valence-corrected chi connectivity index (χ4v) is 3.71.